The fraction of sp³-hybridized carbons (Fsp3) is 0.750. The van der Waals surface area contributed by atoms with Crippen LogP contribution in [0.4, 0.5) is 0 Å². The molecule has 0 saturated carbocycles. The van der Waals surface area contributed by atoms with Gasteiger partial charge < -0.3 is 11.1 Å². The lowest BCUT2D eigenvalue weighted by Gasteiger charge is -2.20. The van der Waals surface area contributed by atoms with E-state index in [1.807, 2.05) is 31.8 Å². The van der Waals surface area contributed by atoms with E-state index in [0.717, 1.165) is 24.1 Å². The number of rotatable bonds is 8. The van der Waals surface area contributed by atoms with Crippen molar-refractivity contribution in [3.05, 3.63) is 17.5 Å². The molecule has 0 radical (unpaired) electrons. The van der Waals surface area contributed by atoms with Crippen molar-refractivity contribution in [3.63, 3.8) is 0 Å². The first-order valence-corrected chi connectivity index (χ1v) is 7.84. The van der Waals surface area contributed by atoms with Gasteiger partial charge in [-0.1, -0.05) is 13.8 Å². The van der Waals surface area contributed by atoms with Gasteiger partial charge in [-0.3, -0.25) is 9.48 Å². The molecule has 1 amide bonds. The van der Waals surface area contributed by atoms with E-state index in [4.69, 9.17) is 5.73 Å². The monoisotopic (exact) mass is 294 g/mol. The summed E-state index contributed by atoms with van der Waals surface area (Å²) in [7, 11) is 1.91. The number of hydrogen-bond donors (Lipinski definition) is 2. The maximum atomic E-state index is 12.1. The predicted octanol–water partition coefficient (Wildman–Crippen LogP) is 2.31. The van der Waals surface area contributed by atoms with E-state index in [1.165, 1.54) is 0 Å². The van der Waals surface area contributed by atoms with Crippen LogP contribution in [-0.2, 0) is 11.8 Å². The summed E-state index contributed by atoms with van der Waals surface area (Å²) in [5, 5.41) is 7.28. The van der Waals surface area contributed by atoms with E-state index >= 15 is 0 Å². The minimum absolute atomic E-state index is 0.00166. The van der Waals surface area contributed by atoms with Crippen molar-refractivity contribution in [2.75, 3.05) is 6.54 Å². The fourth-order valence-corrected chi connectivity index (χ4v) is 2.67. The minimum atomic E-state index is -0.00166. The van der Waals surface area contributed by atoms with Crippen molar-refractivity contribution in [1.29, 1.82) is 0 Å². The highest BCUT2D eigenvalue weighted by atomic mass is 16.1. The van der Waals surface area contributed by atoms with Crippen LogP contribution in [0.5, 0.6) is 0 Å². The topological polar surface area (TPSA) is 72.9 Å². The van der Waals surface area contributed by atoms with Crippen LogP contribution < -0.4 is 11.1 Å². The third-order valence-electron chi connectivity index (χ3n) is 4.34. The third-order valence-corrected chi connectivity index (χ3v) is 4.34. The van der Waals surface area contributed by atoms with Gasteiger partial charge in [0.25, 0.3) is 0 Å². The van der Waals surface area contributed by atoms with E-state index in [1.54, 1.807) is 0 Å². The van der Waals surface area contributed by atoms with Gasteiger partial charge in [-0.25, -0.2) is 0 Å². The van der Waals surface area contributed by atoms with Gasteiger partial charge >= 0.3 is 0 Å². The Labute approximate surface area is 128 Å². The second kappa shape index (κ2) is 8.17. The molecule has 1 aromatic heterocycles. The van der Waals surface area contributed by atoms with Crippen molar-refractivity contribution < 1.29 is 4.79 Å². The van der Waals surface area contributed by atoms with Crippen LogP contribution in [0, 0.1) is 18.8 Å². The fourth-order valence-electron chi connectivity index (χ4n) is 2.67. The lowest BCUT2D eigenvalue weighted by Crippen LogP contribution is -2.28. The summed E-state index contributed by atoms with van der Waals surface area (Å²) in [4.78, 5) is 12.1. The highest BCUT2D eigenvalue weighted by Gasteiger charge is 2.17. The Kier molecular flexibility index (Phi) is 6.89. The van der Waals surface area contributed by atoms with Gasteiger partial charge in [-0.2, -0.15) is 5.10 Å². The van der Waals surface area contributed by atoms with Crippen LogP contribution in [0.15, 0.2) is 6.20 Å². The normalized spacial score (nSPS) is 14.2. The molecule has 1 heterocycles. The maximum Gasteiger partial charge on any atom is 0.220 e. The molecule has 21 heavy (non-hydrogen) atoms. The van der Waals surface area contributed by atoms with Crippen molar-refractivity contribution in [1.82, 2.24) is 15.1 Å². The first-order chi connectivity index (χ1) is 9.86. The summed E-state index contributed by atoms with van der Waals surface area (Å²) >= 11 is 0. The van der Waals surface area contributed by atoms with Gasteiger partial charge in [-0.15, -0.1) is 0 Å². The Morgan fingerprint density at radius 1 is 1.38 bits per heavy atom. The molecule has 0 bridgehead atoms. The molecule has 0 aliphatic rings. The Bertz CT molecular complexity index is 453. The highest BCUT2D eigenvalue weighted by Crippen LogP contribution is 2.21. The first kappa shape index (κ1) is 17.7. The largest absolute Gasteiger partial charge is 0.349 e. The van der Waals surface area contributed by atoms with Crippen molar-refractivity contribution in [2.24, 2.45) is 24.6 Å². The molecule has 1 rings (SSSR count). The number of aromatic nitrogens is 2. The minimum Gasteiger partial charge on any atom is -0.349 e. The Morgan fingerprint density at radius 3 is 2.52 bits per heavy atom. The lowest BCUT2D eigenvalue weighted by molar-refractivity contribution is -0.122. The number of carbonyl (C=O) groups is 1. The summed E-state index contributed by atoms with van der Waals surface area (Å²) in [6.45, 7) is 9.10. The highest BCUT2D eigenvalue weighted by molar-refractivity contribution is 5.76. The molecule has 0 aromatic carbocycles. The average molecular weight is 294 g/mol. The molecule has 0 saturated heterocycles. The van der Waals surface area contributed by atoms with E-state index < -0.39 is 0 Å². The number of nitrogens with one attached hydrogen (secondary N) is 1. The van der Waals surface area contributed by atoms with Gasteiger partial charge in [0.05, 0.1) is 12.2 Å². The van der Waals surface area contributed by atoms with Gasteiger partial charge in [0, 0.05) is 24.7 Å². The van der Waals surface area contributed by atoms with Crippen LogP contribution in [0.3, 0.4) is 0 Å². The molecule has 3 N–H and O–H groups in total. The van der Waals surface area contributed by atoms with Crippen LogP contribution >= 0.6 is 0 Å². The molecule has 0 aliphatic heterocycles. The van der Waals surface area contributed by atoms with Gasteiger partial charge in [-0.05, 0) is 45.1 Å². The van der Waals surface area contributed by atoms with Crippen molar-refractivity contribution in [3.8, 4) is 0 Å². The van der Waals surface area contributed by atoms with Crippen LogP contribution in [0.1, 0.15) is 57.3 Å². The molecular formula is C16H30N4O. The third kappa shape index (κ3) is 5.16. The predicted molar refractivity (Wildman–Crippen MR) is 85.7 cm³/mol. The quantitative estimate of drug-likeness (QED) is 0.772. The molecule has 2 unspecified atom stereocenters. The lowest BCUT2D eigenvalue weighted by atomic mass is 9.88. The van der Waals surface area contributed by atoms with Gasteiger partial charge in [0.2, 0.25) is 5.91 Å². The molecule has 0 spiro atoms. The molecule has 1 aromatic rings. The molecule has 5 heteroatoms. The van der Waals surface area contributed by atoms with Gasteiger partial charge in [0.1, 0.15) is 0 Å². The molecule has 0 fully saturated rings. The summed E-state index contributed by atoms with van der Waals surface area (Å²) < 4.78 is 1.83. The maximum absolute atomic E-state index is 12.1. The van der Waals surface area contributed by atoms with Crippen LogP contribution in [0.2, 0.25) is 0 Å². The molecule has 0 aliphatic carbocycles. The SMILES string of the molecule is Cc1c(C(C)NC(=O)CCC(CCN)C(C)C)cnn1C. The zero-order chi connectivity index (χ0) is 16.0. The zero-order valence-corrected chi connectivity index (χ0v) is 14.0. The molecular weight excluding hydrogens is 264 g/mol. The molecule has 5 nitrogen and oxygen atoms in total. The number of amides is 1. The first-order valence-electron chi connectivity index (χ1n) is 7.84. The summed E-state index contributed by atoms with van der Waals surface area (Å²) in [6, 6.07) is -0.00166. The molecule has 2 atom stereocenters. The number of aryl methyl sites for hydroxylation is 1. The molecule has 120 valence electrons. The zero-order valence-electron chi connectivity index (χ0n) is 14.0. The smallest absolute Gasteiger partial charge is 0.220 e. The summed E-state index contributed by atoms with van der Waals surface area (Å²) in [5.41, 5.74) is 7.81. The van der Waals surface area contributed by atoms with Gasteiger partial charge in [0.15, 0.2) is 0 Å². The Hall–Kier alpha value is -1.36. The number of carbonyl (C=O) groups excluding carboxylic acids is 1. The van der Waals surface area contributed by atoms with E-state index in [-0.39, 0.29) is 11.9 Å². The standard InChI is InChI=1S/C16H30N4O/c1-11(2)14(8-9-17)6-7-16(21)19-12(3)15-10-18-20(5)13(15)4/h10-12,14H,6-9,17H2,1-5H3,(H,19,21). The average Bonchev–Trinajstić information content (AvgIpc) is 2.74. The summed E-state index contributed by atoms with van der Waals surface area (Å²) in [6.07, 6.45) is 4.28. The second-order valence-corrected chi connectivity index (χ2v) is 6.22. The van der Waals surface area contributed by atoms with Crippen molar-refractivity contribution in [2.45, 2.75) is 53.0 Å². The van der Waals surface area contributed by atoms with Crippen LogP contribution in [-0.4, -0.2) is 22.2 Å². The number of nitrogens with two attached hydrogens (primary N) is 1. The Balaban J connectivity index is 2.48. The number of nitrogens with zero attached hydrogens (tertiary/aromatic N) is 2. The number of hydrogen-bond acceptors (Lipinski definition) is 3. The Morgan fingerprint density at radius 2 is 2.05 bits per heavy atom. The van der Waals surface area contributed by atoms with E-state index in [0.29, 0.717) is 24.8 Å². The summed E-state index contributed by atoms with van der Waals surface area (Å²) in [5.74, 6) is 1.20. The van der Waals surface area contributed by atoms with E-state index in [2.05, 4.69) is 24.3 Å². The second-order valence-electron chi connectivity index (χ2n) is 6.22. The van der Waals surface area contributed by atoms with Crippen molar-refractivity contribution >= 4 is 5.91 Å². The van der Waals surface area contributed by atoms with Crippen LogP contribution in [0.25, 0.3) is 0 Å². The van der Waals surface area contributed by atoms with E-state index in [9.17, 15) is 4.79 Å².